The molecule has 0 saturated carbocycles. The molecule has 1 aromatic carbocycles. The molecule has 0 radical (unpaired) electrons. The first kappa shape index (κ1) is 16.3. The van der Waals surface area contributed by atoms with Crippen molar-refractivity contribution in [1.82, 2.24) is 10.2 Å². The van der Waals surface area contributed by atoms with Gasteiger partial charge in [0, 0.05) is 30.7 Å². The quantitative estimate of drug-likeness (QED) is 0.904. The van der Waals surface area contributed by atoms with Crippen molar-refractivity contribution < 1.29 is 9.47 Å². The van der Waals surface area contributed by atoms with Gasteiger partial charge in [-0.05, 0) is 45.5 Å². The van der Waals surface area contributed by atoms with Crippen molar-refractivity contribution in [3.05, 3.63) is 29.3 Å². The summed E-state index contributed by atoms with van der Waals surface area (Å²) in [6, 6.07) is 7.25. The first-order chi connectivity index (χ1) is 10.0. The summed E-state index contributed by atoms with van der Waals surface area (Å²) in [4.78, 5) is 2.47. The van der Waals surface area contributed by atoms with Crippen molar-refractivity contribution >= 4 is 0 Å². The minimum absolute atomic E-state index is 0.298. The molecule has 2 rings (SSSR count). The molecule has 3 atom stereocenters. The van der Waals surface area contributed by atoms with E-state index < -0.39 is 0 Å². The number of nitrogens with one attached hydrogen (secondary N) is 1. The van der Waals surface area contributed by atoms with Crippen molar-refractivity contribution in [3.8, 4) is 5.75 Å². The van der Waals surface area contributed by atoms with Gasteiger partial charge in [-0.3, -0.25) is 4.90 Å². The number of hydrogen-bond acceptors (Lipinski definition) is 4. The van der Waals surface area contributed by atoms with Crippen LogP contribution in [-0.4, -0.2) is 44.4 Å². The average Bonchev–Trinajstić information content (AvgIpc) is 2.50. The zero-order valence-electron chi connectivity index (χ0n) is 13.8. The third-order valence-electron chi connectivity index (χ3n) is 4.35. The van der Waals surface area contributed by atoms with E-state index in [1.807, 2.05) is 7.05 Å². The van der Waals surface area contributed by atoms with Gasteiger partial charge in [0.2, 0.25) is 0 Å². The lowest BCUT2D eigenvalue weighted by atomic mass is 10.0. The van der Waals surface area contributed by atoms with Crippen LogP contribution in [0.4, 0.5) is 0 Å². The Hall–Kier alpha value is -1.10. The highest BCUT2D eigenvalue weighted by atomic mass is 16.5. The lowest BCUT2D eigenvalue weighted by molar-refractivity contribution is -0.0528. The predicted octanol–water partition coefficient (Wildman–Crippen LogP) is 2.58. The molecule has 1 aromatic rings. The van der Waals surface area contributed by atoms with E-state index in [4.69, 9.17) is 9.47 Å². The molecule has 0 bridgehead atoms. The molecule has 4 heteroatoms. The van der Waals surface area contributed by atoms with Gasteiger partial charge >= 0.3 is 0 Å². The molecule has 3 unspecified atom stereocenters. The van der Waals surface area contributed by atoms with E-state index in [9.17, 15) is 0 Å². The highest BCUT2D eigenvalue weighted by Crippen LogP contribution is 2.26. The van der Waals surface area contributed by atoms with Crippen LogP contribution in [-0.2, 0) is 11.3 Å². The molecule has 4 nitrogen and oxygen atoms in total. The summed E-state index contributed by atoms with van der Waals surface area (Å²) >= 11 is 0. The van der Waals surface area contributed by atoms with Crippen molar-refractivity contribution in [1.29, 1.82) is 0 Å². The summed E-state index contributed by atoms with van der Waals surface area (Å²) in [5.74, 6) is 0.966. The Balaban J connectivity index is 2.20. The fourth-order valence-electron chi connectivity index (χ4n) is 2.77. The number of benzene rings is 1. The van der Waals surface area contributed by atoms with Gasteiger partial charge in [0.15, 0.2) is 0 Å². The molecule has 1 aliphatic rings. The molecule has 0 aliphatic carbocycles. The summed E-state index contributed by atoms with van der Waals surface area (Å²) in [6.45, 7) is 9.20. The first-order valence-corrected chi connectivity index (χ1v) is 7.74. The summed E-state index contributed by atoms with van der Waals surface area (Å²) in [6.07, 6.45) is 0.298. The summed E-state index contributed by atoms with van der Waals surface area (Å²) in [5.41, 5.74) is 2.54. The molecule has 1 heterocycles. The monoisotopic (exact) mass is 292 g/mol. The van der Waals surface area contributed by atoms with Gasteiger partial charge < -0.3 is 14.8 Å². The van der Waals surface area contributed by atoms with Gasteiger partial charge in [-0.2, -0.15) is 0 Å². The zero-order valence-corrected chi connectivity index (χ0v) is 13.8. The Labute approximate surface area is 128 Å². The van der Waals surface area contributed by atoms with Crippen LogP contribution in [0, 0.1) is 0 Å². The maximum atomic E-state index is 5.71. The smallest absolute Gasteiger partial charge is 0.123 e. The van der Waals surface area contributed by atoms with Crippen LogP contribution in [0.15, 0.2) is 18.2 Å². The summed E-state index contributed by atoms with van der Waals surface area (Å²) < 4.78 is 11.3. The molecular weight excluding hydrogens is 264 g/mol. The number of nitrogens with zero attached hydrogens (tertiary/aromatic N) is 1. The van der Waals surface area contributed by atoms with Crippen molar-refractivity contribution in [2.24, 2.45) is 0 Å². The van der Waals surface area contributed by atoms with Gasteiger partial charge in [0.05, 0.1) is 19.8 Å². The SMILES string of the molecule is CNC(C)c1ccc(OC)c(CN2CC(C)OCC2C)c1. The topological polar surface area (TPSA) is 33.7 Å². The highest BCUT2D eigenvalue weighted by Gasteiger charge is 2.24. The number of ether oxygens (including phenoxy) is 2. The van der Waals surface area contributed by atoms with E-state index in [2.05, 4.69) is 49.2 Å². The lowest BCUT2D eigenvalue weighted by Gasteiger charge is -2.37. The van der Waals surface area contributed by atoms with Crippen LogP contribution in [0.1, 0.15) is 37.9 Å². The van der Waals surface area contributed by atoms with Gasteiger partial charge in [-0.25, -0.2) is 0 Å². The second-order valence-corrected chi connectivity index (χ2v) is 6.00. The van der Waals surface area contributed by atoms with Crippen molar-refractivity contribution in [3.63, 3.8) is 0 Å². The molecule has 0 aromatic heterocycles. The van der Waals surface area contributed by atoms with Crippen LogP contribution in [0.2, 0.25) is 0 Å². The van der Waals surface area contributed by atoms with E-state index in [1.54, 1.807) is 7.11 Å². The molecule has 1 aliphatic heterocycles. The lowest BCUT2D eigenvalue weighted by Crippen LogP contribution is -2.46. The minimum Gasteiger partial charge on any atom is -0.496 e. The Morgan fingerprint density at radius 2 is 2.19 bits per heavy atom. The van der Waals surface area contributed by atoms with Gasteiger partial charge in [0.1, 0.15) is 5.75 Å². The van der Waals surface area contributed by atoms with Crippen LogP contribution >= 0.6 is 0 Å². The van der Waals surface area contributed by atoms with E-state index in [0.29, 0.717) is 18.2 Å². The number of hydrogen-bond donors (Lipinski definition) is 1. The third kappa shape index (κ3) is 3.96. The Kier molecular flexibility index (Phi) is 5.62. The maximum absolute atomic E-state index is 5.71. The van der Waals surface area contributed by atoms with E-state index >= 15 is 0 Å². The molecule has 1 saturated heterocycles. The van der Waals surface area contributed by atoms with E-state index in [0.717, 1.165) is 25.4 Å². The average molecular weight is 292 g/mol. The largest absolute Gasteiger partial charge is 0.496 e. The predicted molar refractivity (Wildman–Crippen MR) is 85.8 cm³/mol. The number of morpholine rings is 1. The number of methoxy groups -OCH3 is 1. The van der Waals surface area contributed by atoms with Gasteiger partial charge in [-0.1, -0.05) is 6.07 Å². The highest BCUT2D eigenvalue weighted by molar-refractivity contribution is 5.38. The van der Waals surface area contributed by atoms with Crippen molar-refractivity contribution in [2.75, 3.05) is 27.3 Å². The second-order valence-electron chi connectivity index (χ2n) is 6.00. The maximum Gasteiger partial charge on any atom is 0.123 e. The molecule has 21 heavy (non-hydrogen) atoms. The van der Waals surface area contributed by atoms with Crippen LogP contribution in [0.5, 0.6) is 5.75 Å². The molecular formula is C17H28N2O2. The van der Waals surface area contributed by atoms with E-state index in [1.165, 1.54) is 11.1 Å². The van der Waals surface area contributed by atoms with Gasteiger partial charge in [0.25, 0.3) is 0 Å². The van der Waals surface area contributed by atoms with Gasteiger partial charge in [-0.15, -0.1) is 0 Å². The van der Waals surface area contributed by atoms with Crippen LogP contribution in [0.25, 0.3) is 0 Å². The number of rotatable bonds is 5. The molecule has 0 spiro atoms. The van der Waals surface area contributed by atoms with Crippen LogP contribution < -0.4 is 10.1 Å². The zero-order chi connectivity index (χ0) is 15.4. The summed E-state index contributed by atoms with van der Waals surface area (Å²) in [5, 5.41) is 3.29. The third-order valence-corrected chi connectivity index (χ3v) is 4.35. The second kappa shape index (κ2) is 7.25. The summed E-state index contributed by atoms with van der Waals surface area (Å²) in [7, 11) is 3.73. The standard InChI is InChI=1S/C17H28N2O2/c1-12-11-21-13(2)9-19(12)10-16-8-15(14(3)18-4)6-7-17(16)20-5/h6-8,12-14,18H,9-11H2,1-5H3. The molecule has 1 fully saturated rings. The fraction of sp³-hybridized carbons (Fsp3) is 0.647. The molecule has 1 N–H and O–H groups in total. The first-order valence-electron chi connectivity index (χ1n) is 7.74. The van der Waals surface area contributed by atoms with E-state index in [-0.39, 0.29) is 0 Å². The van der Waals surface area contributed by atoms with Crippen molar-refractivity contribution in [2.45, 2.75) is 45.5 Å². The minimum atomic E-state index is 0.298. The van der Waals surface area contributed by atoms with Crippen LogP contribution in [0.3, 0.4) is 0 Å². The Morgan fingerprint density at radius 3 is 2.86 bits per heavy atom. The molecule has 118 valence electrons. The Morgan fingerprint density at radius 1 is 1.43 bits per heavy atom. The molecule has 0 amide bonds. The fourth-order valence-corrected chi connectivity index (χ4v) is 2.77. The normalized spacial score (nSPS) is 24.8. The Bertz CT molecular complexity index is 464.